The number of carbonyl (C=O) groups is 2. The lowest BCUT2D eigenvalue weighted by atomic mass is 10.0. The minimum atomic E-state index is -3.59. The monoisotopic (exact) mass is 466 g/mol. The van der Waals surface area contributed by atoms with Crippen molar-refractivity contribution in [1.82, 2.24) is 14.6 Å². The number of benzene rings is 1. The molecule has 168 valence electrons. The number of fused-ring (bicyclic) bond motifs is 2. The van der Waals surface area contributed by atoms with Crippen LogP contribution in [0, 0.1) is 5.92 Å². The van der Waals surface area contributed by atoms with Gasteiger partial charge in [0, 0.05) is 13.1 Å². The van der Waals surface area contributed by atoms with Crippen molar-refractivity contribution in [2.45, 2.75) is 38.8 Å². The van der Waals surface area contributed by atoms with Gasteiger partial charge in [0.1, 0.15) is 0 Å². The number of para-hydroxylation sites is 1. The highest BCUT2D eigenvalue weighted by molar-refractivity contribution is 7.89. The Balaban J connectivity index is 1.47. The van der Waals surface area contributed by atoms with Crippen LogP contribution >= 0.6 is 11.3 Å². The number of rotatable bonds is 7. The molecule has 2 aromatic rings. The van der Waals surface area contributed by atoms with Crippen LogP contribution < -0.4 is 10.2 Å². The number of aromatic nitrogens is 1. The largest absolute Gasteiger partial charge is 0.450 e. The molecule has 3 atom stereocenters. The smallest absolute Gasteiger partial charge is 0.407 e. The molecular weight excluding hydrogens is 440 g/mol. The average molecular weight is 467 g/mol. The van der Waals surface area contributed by atoms with Gasteiger partial charge in [-0.2, -0.15) is 4.31 Å². The third-order valence-corrected chi connectivity index (χ3v) is 8.77. The van der Waals surface area contributed by atoms with E-state index in [2.05, 4.69) is 10.3 Å². The van der Waals surface area contributed by atoms with Crippen LogP contribution in [0.1, 0.15) is 26.7 Å². The third-order valence-electron chi connectivity index (χ3n) is 5.79. The van der Waals surface area contributed by atoms with Gasteiger partial charge in [-0.15, -0.1) is 0 Å². The van der Waals surface area contributed by atoms with Crippen LogP contribution in [-0.2, 0) is 19.6 Å². The van der Waals surface area contributed by atoms with Crippen LogP contribution in [0.15, 0.2) is 24.3 Å². The quantitative estimate of drug-likeness (QED) is 0.627. The van der Waals surface area contributed by atoms with Crippen molar-refractivity contribution < 1.29 is 22.7 Å². The summed E-state index contributed by atoms with van der Waals surface area (Å²) in [5.74, 6) is -0.660. The first-order valence-electron chi connectivity index (χ1n) is 10.4. The zero-order valence-electron chi connectivity index (χ0n) is 17.5. The van der Waals surface area contributed by atoms with Crippen molar-refractivity contribution in [2.24, 2.45) is 5.92 Å². The molecule has 0 spiro atoms. The summed E-state index contributed by atoms with van der Waals surface area (Å²) < 4.78 is 33.5. The number of hydrogen-bond acceptors (Lipinski definition) is 7. The zero-order chi connectivity index (χ0) is 22.2. The van der Waals surface area contributed by atoms with Crippen molar-refractivity contribution in [3.63, 3.8) is 0 Å². The van der Waals surface area contributed by atoms with Gasteiger partial charge in [-0.25, -0.2) is 18.2 Å². The molecule has 0 saturated carbocycles. The van der Waals surface area contributed by atoms with Crippen molar-refractivity contribution in [3.05, 3.63) is 24.3 Å². The summed E-state index contributed by atoms with van der Waals surface area (Å²) >= 11 is 1.45. The maximum absolute atomic E-state index is 13.1. The molecule has 9 nitrogen and oxygen atoms in total. The van der Waals surface area contributed by atoms with E-state index in [1.807, 2.05) is 24.3 Å². The third kappa shape index (κ3) is 4.13. The molecule has 0 bridgehead atoms. The molecule has 0 radical (unpaired) electrons. The Hall–Kier alpha value is -2.24. The summed E-state index contributed by atoms with van der Waals surface area (Å²) in [4.78, 5) is 30.7. The molecule has 4 rings (SSSR count). The fourth-order valence-corrected chi connectivity index (χ4v) is 7.23. The number of hydrogen-bond donors (Lipinski definition) is 1. The van der Waals surface area contributed by atoms with E-state index in [4.69, 9.17) is 4.74 Å². The van der Waals surface area contributed by atoms with E-state index in [1.54, 1.807) is 18.7 Å². The number of sulfonamides is 1. The number of alkyl carbamates (subject to hydrolysis) is 1. The molecular formula is C20H26N4O5S2. The van der Waals surface area contributed by atoms with E-state index in [0.717, 1.165) is 10.2 Å². The number of nitrogens with one attached hydrogen (secondary N) is 1. The number of carbonyl (C=O) groups excluding carboxylic acids is 2. The number of ether oxygens (including phenoxy) is 1. The van der Waals surface area contributed by atoms with E-state index in [0.29, 0.717) is 24.6 Å². The van der Waals surface area contributed by atoms with Gasteiger partial charge in [0.25, 0.3) is 0 Å². The number of anilines is 1. The highest BCUT2D eigenvalue weighted by Gasteiger charge is 2.55. The molecule has 3 heterocycles. The zero-order valence-corrected chi connectivity index (χ0v) is 19.1. The molecule has 31 heavy (non-hydrogen) atoms. The average Bonchev–Trinajstić information content (AvgIpc) is 3.41. The predicted octanol–water partition coefficient (Wildman–Crippen LogP) is 2.19. The second kappa shape index (κ2) is 8.71. The van der Waals surface area contributed by atoms with Gasteiger partial charge in [0.15, 0.2) is 5.13 Å². The fraction of sp³-hybridized carbons (Fsp3) is 0.550. The second-order valence-corrected chi connectivity index (χ2v) is 10.8. The van der Waals surface area contributed by atoms with Crippen LogP contribution in [0.25, 0.3) is 10.2 Å². The minimum absolute atomic E-state index is 0.0271. The first-order valence-corrected chi connectivity index (χ1v) is 12.8. The lowest BCUT2D eigenvalue weighted by molar-refractivity contribution is -0.120. The molecule has 1 N–H and O–H groups in total. The van der Waals surface area contributed by atoms with Crippen LogP contribution in [0.4, 0.5) is 9.93 Å². The Morgan fingerprint density at radius 3 is 2.87 bits per heavy atom. The summed E-state index contributed by atoms with van der Waals surface area (Å²) in [6, 6.07) is 7.08. The number of amides is 2. The van der Waals surface area contributed by atoms with Gasteiger partial charge in [-0.3, -0.25) is 9.69 Å². The van der Waals surface area contributed by atoms with Crippen molar-refractivity contribution in [3.8, 4) is 0 Å². The molecule has 2 saturated heterocycles. The van der Waals surface area contributed by atoms with E-state index in [9.17, 15) is 18.0 Å². The lowest BCUT2D eigenvalue weighted by Crippen LogP contribution is -2.43. The molecule has 2 aliphatic rings. The van der Waals surface area contributed by atoms with Gasteiger partial charge < -0.3 is 10.1 Å². The molecule has 0 aliphatic carbocycles. The Bertz CT molecular complexity index is 1050. The molecule has 1 aromatic heterocycles. The van der Waals surface area contributed by atoms with E-state index in [1.165, 1.54) is 15.6 Å². The van der Waals surface area contributed by atoms with Crippen LogP contribution in [-0.4, -0.2) is 67.2 Å². The number of nitrogens with zero attached hydrogens (tertiary/aromatic N) is 3. The SMILES string of the molecule is CCNC(=O)OCCCS(=O)(=O)N1CC[C@H]2[C@H]1[C@H](C)C(=O)N2c1nc2ccccc2s1. The fourth-order valence-electron chi connectivity index (χ4n) is 4.41. The van der Waals surface area contributed by atoms with Gasteiger partial charge in [-0.05, 0) is 31.9 Å². The van der Waals surface area contributed by atoms with E-state index < -0.39 is 28.1 Å². The van der Waals surface area contributed by atoms with Gasteiger partial charge >= 0.3 is 6.09 Å². The maximum Gasteiger partial charge on any atom is 0.407 e. The summed E-state index contributed by atoms with van der Waals surface area (Å²) in [6.45, 7) is 4.41. The van der Waals surface area contributed by atoms with Crippen molar-refractivity contribution >= 4 is 48.7 Å². The highest BCUT2D eigenvalue weighted by atomic mass is 32.2. The Morgan fingerprint density at radius 2 is 2.13 bits per heavy atom. The molecule has 0 unspecified atom stereocenters. The van der Waals surface area contributed by atoms with Crippen LogP contribution in [0.2, 0.25) is 0 Å². The van der Waals surface area contributed by atoms with Crippen LogP contribution in [0.3, 0.4) is 0 Å². The first kappa shape index (κ1) is 22.0. The highest BCUT2D eigenvalue weighted by Crippen LogP contribution is 2.42. The summed E-state index contributed by atoms with van der Waals surface area (Å²) in [5, 5.41) is 3.13. The van der Waals surface area contributed by atoms with Gasteiger partial charge in [0.05, 0.1) is 40.6 Å². The summed E-state index contributed by atoms with van der Waals surface area (Å²) in [5.41, 5.74) is 0.834. The standard InChI is InChI=1S/C20H26N4O5S2/c1-3-21-20(26)29-11-6-12-31(27,28)23-10-9-15-17(23)13(2)18(25)24(15)19-22-14-7-4-5-8-16(14)30-19/h4-5,7-8,13,15,17H,3,6,9-12H2,1-2H3,(H,21,26)/t13-,15-,17+/m0/s1. The Morgan fingerprint density at radius 1 is 1.35 bits per heavy atom. The maximum atomic E-state index is 13.1. The summed E-state index contributed by atoms with van der Waals surface area (Å²) in [6.07, 6.45) is 0.227. The molecule has 1 aromatic carbocycles. The molecule has 11 heteroatoms. The van der Waals surface area contributed by atoms with Gasteiger partial charge in [0.2, 0.25) is 15.9 Å². The lowest BCUT2D eigenvalue weighted by Gasteiger charge is -2.25. The predicted molar refractivity (Wildman–Crippen MR) is 119 cm³/mol. The second-order valence-electron chi connectivity index (χ2n) is 7.75. The topological polar surface area (TPSA) is 109 Å². The van der Waals surface area contributed by atoms with Crippen molar-refractivity contribution in [2.75, 3.05) is 30.3 Å². The molecule has 2 amide bonds. The minimum Gasteiger partial charge on any atom is -0.450 e. The van der Waals surface area contributed by atoms with E-state index >= 15 is 0 Å². The summed E-state index contributed by atoms with van der Waals surface area (Å²) in [7, 11) is -3.59. The van der Waals surface area contributed by atoms with E-state index in [-0.39, 0.29) is 30.7 Å². The first-order chi connectivity index (χ1) is 14.8. The molecule has 2 aliphatic heterocycles. The molecule has 2 fully saturated rings. The normalized spacial score (nSPS) is 24.0. The Labute approximate surface area is 185 Å². The van der Waals surface area contributed by atoms with Crippen molar-refractivity contribution in [1.29, 1.82) is 0 Å². The van der Waals surface area contributed by atoms with Crippen LogP contribution in [0.5, 0.6) is 0 Å². The Kier molecular flexibility index (Phi) is 6.18. The number of thiazole rings is 1. The van der Waals surface area contributed by atoms with Gasteiger partial charge in [-0.1, -0.05) is 30.4 Å².